The first kappa shape index (κ1) is 19.5. The number of aryl methyl sites for hydroxylation is 2. The minimum absolute atomic E-state index is 0.0895. The van der Waals surface area contributed by atoms with Crippen LogP contribution in [0.4, 0.5) is 5.82 Å². The lowest BCUT2D eigenvalue weighted by atomic mass is 10.0. The number of nitrogens with one attached hydrogen (secondary N) is 1. The molecule has 3 heterocycles. The molecule has 0 unspecified atom stereocenters. The molecule has 31 heavy (non-hydrogen) atoms. The van der Waals surface area contributed by atoms with Crippen molar-refractivity contribution in [3.05, 3.63) is 59.3 Å². The fourth-order valence-electron chi connectivity index (χ4n) is 4.14. The van der Waals surface area contributed by atoms with Crippen LogP contribution in [0, 0.1) is 6.92 Å². The molecule has 160 valence electrons. The summed E-state index contributed by atoms with van der Waals surface area (Å²) in [5.41, 5.74) is 2.27. The molecular formula is C22H25N7O2. The molecule has 1 saturated carbocycles. The molecule has 0 radical (unpaired) electrons. The number of benzene rings is 1. The van der Waals surface area contributed by atoms with Crippen molar-refractivity contribution < 1.29 is 9.59 Å². The molecule has 9 nitrogen and oxygen atoms in total. The summed E-state index contributed by atoms with van der Waals surface area (Å²) in [6.45, 7) is 3.18. The summed E-state index contributed by atoms with van der Waals surface area (Å²) in [6, 6.07) is 10.1. The molecule has 0 saturated heterocycles. The third kappa shape index (κ3) is 3.60. The van der Waals surface area contributed by atoms with E-state index in [1.54, 1.807) is 22.8 Å². The molecule has 9 heteroatoms. The lowest BCUT2D eigenvalue weighted by Gasteiger charge is -2.22. The van der Waals surface area contributed by atoms with Crippen molar-refractivity contribution in [2.75, 3.05) is 11.9 Å². The molecular weight excluding hydrogens is 394 g/mol. The van der Waals surface area contributed by atoms with E-state index >= 15 is 0 Å². The average Bonchev–Trinajstić information content (AvgIpc) is 3.33. The van der Waals surface area contributed by atoms with Gasteiger partial charge < -0.3 is 4.90 Å². The van der Waals surface area contributed by atoms with Crippen LogP contribution in [0.5, 0.6) is 0 Å². The number of carbonyl (C=O) groups excluding carboxylic acids is 2. The summed E-state index contributed by atoms with van der Waals surface area (Å²) in [4.78, 5) is 34.2. The van der Waals surface area contributed by atoms with Gasteiger partial charge in [0.05, 0.1) is 12.1 Å². The highest BCUT2D eigenvalue weighted by Crippen LogP contribution is 2.31. The van der Waals surface area contributed by atoms with Crippen molar-refractivity contribution in [1.29, 1.82) is 0 Å². The molecule has 1 fully saturated rings. The van der Waals surface area contributed by atoms with Crippen molar-refractivity contribution >= 4 is 17.6 Å². The van der Waals surface area contributed by atoms with Crippen molar-refractivity contribution in [2.24, 2.45) is 0 Å². The zero-order chi connectivity index (χ0) is 21.5. The quantitative estimate of drug-likeness (QED) is 0.684. The predicted octanol–water partition coefficient (Wildman–Crippen LogP) is 2.26. The number of aromatic nitrogens is 5. The van der Waals surface area contributed by atoms with E-state index in [4.69, 9.17) is 0 Å². The van der Waals surface area contributed by atoms with E-state index in [1.165, 1.54) is 0 Å². The minimum Gasteiger partial charge on any atom is -0.329 e. The normalized spacial score (nSPS) is 18.6. The Bertz CT molecular complexity index is 1130. The number of anilines is 1. The van der Waals surface area contributed by atoms with E-state index < -0.39 is 5.92 Å². The second-order valence-corrected chi connectivity index (χ2v) is 8.29. The van der Waals surface area contributed by atoms with Crippen LogP contribution >= 0.6 is 0 Å². The molecule has 2 amide bonds. The number of fused-ring (bicyclic) bond motifs is 1. The van der Waals surface area contributed by atoms with Gasteiger partial charge in [0, 0.05) is 32.2 Å². The average molecular weight is 419 g/mol. The van der Waals surface area contributed by atoms with Gasteiger partial charge in [-0.3, -0.25) is 19.6 Å². The summed E-state index contributed by atoms with van der Waals surface area (Å²) in [5.74, 6) is 0.516. The Labute approximate surface area is 180 Å². The van der Waals surface area contributed by atoms with E-state index in [1.807, 2.05) is 29.2 Å². The largest absolute Gasteiger partial charge is 0.329 e. The highest BCUT2D eigenvalue weighted by molar-refractivity contribution is 5.97. The Kier molecular flexibility index (Phi) is 4.80. The molecule has 2 aliphatic rings. The molecule has 1 atom stereocenters. The second-order valence-electron chi connectivity index (χ2n) is 8.29. The summed E-state index contributed by atoms with van der Waals surface area (Å²) < 4.78 is 1.80. The lowest BCUT2D eigenvalue weighted by Crippen LogP contribution is -2.34. The van der Waals surface area contributed by atoms with E-state index in [0.717, 1.165) is 29.8 Å². The molecule has 1 aliphatic heterocycles. The van der Waals surface area contributed by atoms with Gasteiger partial charge in [-0.1, -0.05) is 24.3 Å². The standard InChI is InChI=1S/C22H25N7O2/c1-14-5-3-4-6-15(14)13-28(16-7-8-16)22(31)20-24-19(25-26-20)17-10-12-29-18(9-11-23-29)27(2)21(17)30/h3-6,9,11,16-17H,7-8,10,12-13H2,1-2H3,(H,24,25,26)/t17-/m0/s1. The number of rotatable bonds is 5. The van der Waals surface area contributed by atoms with Crippen LogP contribution < -0.4 is 4.90 Å². The van der Waals surface area contributed by atoms with Crippen molar-refractivity contribution in [3.8, 4) is 0 Å². The zero-order valence-corrected chi connectivity index (χ0v) is 17.7. The number of likely N-dealkylation sites (N-methyl/N-ethyl adjacent to an activating group) is 1. The molecule has 2 aromatic heterocycles. The maximum absolute atomic E-state index is 13.3. The molecule has 1 aliphatic carbocycles. The van der Waals surface area contributed by atoms with Gasteiger partial charge in [0.2, 0.25) is 11.7 Å². The molecule has 0 bridgehead atoms. The Balaban J connectivity index is 1.37. The highest BCUT2D eigenvalue weighted by atomic mass is 16.2. The third-order valence-corrected chi connectivity index (χ3v) is 6.17. The number of hydrogen-bond acceptors (Lipinski definition) is 5. The Morgan fingerprint density at radius 1 is 1.23 bits per heavy atom. The molecule has 3 aromatic rings. The maximum Gasteiger partial charge on any atom is 0.294 e. The third-order valence-electron chi connectivity index (χ3n) is 6.17. The van der Waals surface area contributed by atoms with E-state index in [2.05, 4.69) is 33.3 Å². The van der Waals surface area contributed by atoms with E-state index in [-0.39, 0.29) is 23.7 Å². The van der Waals surface area contributed by atoms with Crippen LogP contribution in [0.3, 0.4) is 0 Å². The molecule has 1 N–H and O–H groups in total. The van der Waals surface area contributed by atoms with Gasteiger partial charge in [0.25, 0.3) is 5.91 Å². The fourth-order valence-corrected chi connectivity index (χ4v) is 4.14. The summed E-state index contributed by atoms with van der Waals surface area (Å²) >= 11 is 0. The number of hydrogen-bond donors (Lipinski definition) is 1. The van der Waals surface area contributed by atoms with Crippen molar-refractivity contribution in [1.82, 2.24) is 29.9 Å². The van der Waals surface area contributed by atoms with Gasteiger partial charge in [-0.25, -0.2) is 9.67 Å². The molecule has 0 spiro atoms. The first-order chi connectivity index (χ1) is 15.0. The predicted molar refractivity (Wildman–Crippen MR) is 113 cm³/mol. The number of nitrogens with zero attached hydrogens (tertiary/aromatic N) is 6. The summed E-state index contributed by atoms with van der Waals surface area (Å²) in [6.07, 6.45) is 4.21. The van der Waals surface area contributed by atoms with Crippen LogP contribution in [0.25, 0.3) is 0 Å². The van der Waals surface area contributed by atoms with Crippen LogP contribution in [0.15, 0.2) is 36.5 Å². The number of amides is 2. The summed E-state index contributed by atoms with van der Waals surface area (Å²) in [5, 5.41) is 11.3. The monoisotopic (exact) mass is 419 g/mol. The second kappa shape index (κ2) is 7.64. The fraction of sp³-hybridized carbons (Fsp3) is 0.409. The number of H-pyrrole nitrogens is 1. The maximum atomic E-state index is 13.3. The topological polar surface area (TPSA) is 100 Å². The Morgan fingerprint density at radius 3 is 2.81 bits per heavy atom. The van der Waals surface area contributed by atoms with E-state index in [0.29, 0.717) is 25.3 Å². The van der Waals surface area contributed by atoms with Gasteiger partial charge in [-0.2, -0.15) is 5.10 Å². The zero-order valence-electron chi connectivity index (χ0n) is 17.7. The van der Waals surface area contributed by atoms with Crippen LogP contribution in [0.1, 0.15) is 52.8 Å². The van der Waals surface area contributed by atoms with E-state index in [9.17, 15) is 9.59 Å². The van der Waals surface area contributed by atoms with Gasteiger partial charge in [0.15, 0.2) is 0 Å². The SMILES string of the molecule is Cc1ccccc1CN(C(=O)c1n[nH]c([C@@H]2CCn3nccc3N(C)C2=O)n1)C1CC1. The highest BCUT2D eigenvalue weighted by Gasteiger charge is 2.37. The first-order valence-electron chi connectivity index (χ1n) is 10.6. The van der Waals surface area contributed by atoms with Crippen LogP contribution in [-0.4, -0.2) is 54.8 Å². The smallest absolute Gasteiger partial charge is 0.294 e. The lowest BCUT2D eigenvalue weighted by molar-refractivity contribution is -0.119. The Hall–Kier alpha value is -3.49. The van der Waals surface area contributed by atoms with Gasteiger partial charge in [0.1, 0.15) is 11.6 Å². The van der Waals surface area contributed by atoms with Crippen molar-refractivity contribution in [2.45, 2.75) is 51.2 Å². The van der Waals surface area contributed by atoms with Crippen LogP contribution in [0.2, 0.25) is 0 Å². The molecule has 5 rings (SSSR count). The summed E-state index contributed by atoms with van der Waals surface area (Å²) in [7, 11) is 1.73. The van der Waals surface area contributed by atoms with Gasteiger partial charge in [-0.15, -0.1) is 5.10 Å². The number of aromatic amines is 1. The van der Waals surface area contributed by atoms with Crippen LogP contribution in [-0.2, 0) is 17.9 Å². The number of carbonyl (C=O) groups is 2. The minimum atomic E-state index is -0.494. The van der Waals surface area contributed by atoms with Crippen molar-refractivity contribution in [3.63, 3.8) is 0 Å². The van der Waals surface area contributed by atoms with Gasteiger partial charge >= 0.3 is 0 Å². The van der Waals surface area contributed by atoms with Gasteiger partial charge in [-0.05, 0) is 37.3 Å². The first-order valence-corrected chi connectivity index (χ1v) is 10.6. The molecule has 1 aromatic carbocycles. The Morgan fingerprint density at radius 2 is 2.03 bits per heavy atom.